The highest BCUT2D eigenvalue weighted by Gasteiger charge is 2.28. The standard InChI is InChI=1S/C23H37N3O3/c1-17-6-5-7-20(18(17)2)24-23(27)16-26-12-10-25(11-13-26)15-19-8-9-21(28-3)22(14-19)29-4/h8-9,14,17-18,20H,5-7,10-13,15-16H2,1-4H3,(H,24,27)/t17-,18-,20-/m1/s1. The molecule has 3 rings (SSSR count). The van der Waals surface area contributed by atoms with Gasteiger partial charge in [0.05, 0.1) is 20.8 Å². The van der Waals surface area contributed by atoms with E-state index in [0.717, 1.165) is 50.6 Å². The Kier molecular flexibility index (Phi) is 7.78. The molecule has 0 aromatic heterocycles. The van der Waals surface area contributed by atoms with Gasteiger partial charge in [-0.05, 0) is 36.0 Å². The van der Waals surface area contributed by atoms with E-state index < -0.39 is 0 Å². The minimum absolute atomic E-state index is 0.185. The molecular weight excluding hydrogens is 366 g/mol. The Morgan fingerprint density at radius 1 is 1.03 bits per heavy atom. The first-order chi connectivity index (χ1) is 14.0. The smallest absolute Gasteiger partial charge is 0.234 e. The second-order valence-corrected chi connectivity index (χ2v) is 8.68. The summed E-state index contributed by atoms with van der Waals surface area (Å²) in [5.74, 6) is 2.99. The molecule has 6 heteroatoms. The maximum absolute atomic E-state index is 12.5. The number of rotatable bonds is 7. The van der Waals surface area contributed by atoms with Crippen LogP contribution in [0.2, 0.25) is 0 Å². The molecule has 2 aliphatic rings. The van der Waals surface area contributed by atoms with Crippen LogP contribution >= 0.6 is 0 Å². The van der Waals surface area contributed by atoms with Crippen molar-refractivity contribution in [3.8, 4) is 11.5 Å². The summed E-state index contributed by atoms with van der Waals surface area (Å²) in [6.07, 6.45) is 3.64. The number of nitrogens with zero attached hydrogens (tertiary/aromatic N) is 2. The van der Waals surface area contributed by atoms with E-state index in [9.17, 15) is 4.79 Å². The Balaban J connectivity index is 1.43. The molecule has 0 unspecified atom stereocenters. The van der Waals surface area contributed by atoms with Crippen molar-refractivity contribution in [3.63, 3.8) is 0 Å². The van der Waals surface area contributed by atoms with Gasteiger partial charge < -0.3 is 14.8 Å². The Morgan fingerprint density at radius 2 is 1.72 bits per heavy atom. The number of piperazine rings is 1. The summed E-state index contributed by atoms with van der Waals surface area (Å²) in [6, 6.07) is 6.44. The summed E-state index contributed by atoms with van der Waals surface area (Å²) in [7, 11) is 3.32. The molecule has 2 fully saturated rings. The van der Waals surface area contributed by atoms with Crippen LogP contribution in [0, 0.1) is 11.8 Å². The number of amides is 1. The Bertz CT molecular complexity index is 673. The maximum Gasteiger partial charge on any atom is 0.234 e. The fourth-order valence-corrected chi connectivity index (χ4v) is 4.58. The molecule has 0 bridgehead atoms. The first-order valence-corrected chi connectivity index (χ1v) is 10.9. The molecule has 1 amide bonds. The molecule has 3 atom stereocenters. The van der Waals surface area contributed by atoms with Crippen LogP contribution in [-0.4, -0.2) is 68.7 Å². The zero-order chi connectivity index (χ0) is 20.8. The van der Waals surface area contributed by atoms with Crippen molar-refractivity contribution in [3.05, 3.63) is 23.8 Å². The molecular formula is C23H37N3O3. The van der Waals surface area contributed by atoms with Gasteiger partial charge in [-0.25, -0.2) is 0 Å². The third kappa shape index (κ3) is 5.86. The van der Waals surface area contributed by atoms with Crippen LogP contribution in [0.15, 0.2) is 18.2 Å². The second kappa shape index (κ2) is 10.3. The van der Waals surface area contributed by atoms with Crippen LogP contribution in [-0.2, 0) is 11.3 Å². The summed E-state index contributed by atoms with van der Waals surface area (Å²) >= 11 is 0. The van der Waals surface area contributed by atoms with Gasteiger partial charge in [-0.1, -0.05) is 32.8 Å². The SMILES string of the molecule is COc1ccc(CN2CCN(CC(=O)N[C@@H]3CCC[C@@H](C)[C@H]3C)CC2)cc1OC. The summed E-state index contributed by atoms with van der Waals surface area (Å²) < 4.78 is 10.7. The molecule has 0 spiro atoms. The highest BCUT2D eigenvalue weighted by molar-refractivity contribution is 5.78. The van der Waals surface area contributed by atoms with Crippen LogP contribution in [0.4, 0.5) is 0 Å². The molecule has 162 valence electrons. The Morgan fingerprint density at radius 3 is 2.41 bits per heavy atom. The largest absolute Gasteiger partial charge is 0.493 e. The molecule has 0 radical (unpaired) electrons. The van der Waals surface area contributed by atoms with Gasteiger partial charge in [-0.2, -0.15) is 0 Å². The van der Waals surface area contributed by atoms with E-state index in [2.05, 4.69) is 35.0 Å². The summed E-state index contributed by atoms with van der Waals surface area (Å²) in [6.45, 7) is 9.79. The average molecular weight is 404 g/mol. The lowest BCUT2D eigenvalue weighted by atomic mass is 9.78. The van der Waals surface area contributed by atoms with E-state index in [4.69, 9.17) is 9.47 Å². The first kappa shape index (κ1) is 21.9. The lowest BCUT2D eigenvalue weighted by Crippen LogP contribution is -2.51. The molecule has 1 aliphatic heterocycles. The van der Waals surface area contributed by atoms with Crippen molar-refractivity contribution in [1.29, 1.82) is 0 Å². The van der Waals surface area contributed by atoms with Gasteiger partial charge in [0, 0.05) is 38.8 Å². The van der Waals surface area contributed by atoms with Crippen molar-refractivity contribution in [2.24, 2.45) is 11.8 Å². The lowest BCUT2D eigenvalue weighted by Gasteiger charge is -2.37. The van der Waals surface area contributed by atoms with E-state index in [-0.39, 0.29) is 5.91 Å². The van der Waals surface area contributed by atoms with E-state index in [1.165, 1.54) is 18.4 Å². The number of methoxy groups -OCH3 is 2. The fourth-order valence-electron chi connectivity index (χ4n) is 4.58. The number of ether oxygens (including phenoxy) is 2. The molecule has 29 heavy (non-hydrogen) atoms. The van der Waals surface area contributed by atoms with E-state index in [1.807, 2.05) is 12.1 Å². The second-order valence-electron chi connectivity index (χ2n) is 8.68. The predicted octanol–water partition coefficient (Wildman–Crippen LogP) is 2.76. The van der Waals surface area contributed by atoms with Gasteiger partial charge in [0.25, 0.3) is 0 Å². The topological polar surface area (TPSA) is 54.0 Å². The Hall–Kier alpha value is -1.79. The fraction of sp³-hybridized carbons (Fsp3) is 0.696. The average Bonchev–Trinajstić information content (AvgIpc) is 2.72. The van der Waals surface area contributed by atoms with Crippen molar-refractivity contribution in [2.45, 2.75) is 45.7 Å². The molecule has 1 saturated carbocycles. The number of hydrogen-bond acceptors (Lipinski definition) is 5. The van der Waals surface area contributed by atoms with E-state index in [1.54, 1.807) is 14.2 Å². The zero-order valence-corrected chi connectivity index (χ0v) is 18.4. The van der Waals surface area contributed by atoms with E-state index >= 15 is 0 Å². The quantitative estimate of drug-likeness (QED) is 0.759. The zero-order valence-electron chi connectivity index (χ0n) is 18.4. The van der Waals surface area contributed by atoms with Crippen molar-refractivity contribution in [2.75, 3.05) is 46.9 Å². The molecule has 1 aromatic carbocycles. The normalized spacial score (nSPS) is 26.1. The van der Waals surface area contributed by atoms with Crippen molar-refractivity contribution < 1.29 is 14.3 Å². The maximum atomic E-state index is 12.5. The lowest BCUT2D eigenvalue weighted by molar-refractivity contribution is -0.124. The van der Waals surface area contributed by atoms with Gasteiger partial charge in [0.15, 0.2) is 11.5 Å². The molecule has 1 saturated heterocycles. The van der Waals surface area contributed by atoms with Crippen molar-refractivity contribution >= 4 is 5.91 Å². The van der Waals surface area contributed by atoms with E-state index in [0.29, 0.717) is 24.4 Å². The molecule has 1 aliphatic carbocycles. The Labute approximate surface area is 175 Å². The minimum atomic E-state index is 0.185. The van der Waals surface area contributed by atoms with Crippen LogP contribution in [0.5, 0.6) is 11.5 Å². The van der Waals surface area contributed by atoms with Crippen LogP contribution in [0.25, 0.3) is 0 Å². The van der Waals surface area contributed by atoms with Crippen LogP contribution in [0.3, 0.4) is 0 Å². The summed E-state index contributed by atoms with van der Waals surface area (Å²) in [4.78, 5) is 17.2. The van der Waals surface area contributed by atoms with Gasteiger partial charge in [-0.15, -0.1) is 0 Å². The van der Waals surface area contributed by atoms with Gasteiger partial charge in [-0.3, -0.25) is 14.6 Å². The van der Waals surface area contributed by atoms with Crippen LogP contribution in [0.1, 0.15) is 38.7 Å². The molecule has 1 heterocycles. The van der Waals surface area contributed by atoms with Crippen LogP contribution < -0.4 is 14.8 Å². The third-order valence-electron chi connectivity index (χ3n) is 6.74. The number of benzene rings is 1. The molecule has 1 N–H and O–H groups in total. The van der Waals surface area contributed by atoms with Crippen molar-refractivity contribution in [1.82, 2.24) is 15.1 Å². The number of carbonyl (C=O) groups is 1. The monoisotopic (exact) mass is 403 g/mol. The minimum Gasteiger partial charge on any atom is -0.493 e. The number of hydrogen-bond donors (Lipinski definition) is 1. The van der Waals surface area contributed by atoms with Gasteiger partial charge in [0.1, 0.15) is 0 Å². The number of carbonyl (C=O) groups excluding carboxylic acids is 1. The van der Waals surface area contributed by atoms with Gasteiger partial charge in [0.2, 0.25) is 5.91 Å². The van der Waals surface area contributed by atoms with Gasteiger partial charge >= 0.3 is 0 Å². The summed E-state index contributed by atoms with van der Waals surface area (Å²) in [5.41, 5.74) is 1.22. The highest BCUT2D eigenvalue weighted by atomic mass is 16.5. The third-order valence-corrected chi connectivity index (χ3v) is 6.74. The summed E-state index contributed by atoms with van der Waals surface area (Å²) in [5, 5.41) is 3.30. The predicted molar refractivity (Wildman–Crippen MR) is 115 cm³/mol. The molecule has 6 nitrogen and oxygen atoms in total. The number of nitrogens with one attached hydrogen (secondary N) is 1. The first-order valence-electron chi connectivity index (χ1n) is 10.9. The molecule has 1 aromatic rings. The highest BCUT2D eigenvalue weighted by Crippen LogP contribution is 2.30.